The van der Waals surface area contributed by atoms with Crippen LogP contribution >= 0.6 is 12.2 Å². The third-order valence-corrected chi connectivity index (χ3v) is 5.57. The zero-order valence-corrected chi connectivity index (χ0v) is 17.0. The topological polar surface area (TPSA) is 66.0 Å². The molecule has 1 unspecified atom stereocenters. The van der Waals surface area contributed by atoms with Gasteiger partial charge < -0.3 is 5.32 Å². The van der Waals surface area contributed by atoms with E-state index < -0.39 is 0 Å². The highest BCUT2D eigenvalue weighted by atomic mass is 32.1. The minimum absolute atomic E-state index is 0.0537. The second-order valence-corrected chi connectivity index (χ2v) is 7.74. The number of likely N-dealkylation sites (tertiary alicyclic amines) is 1. The van der Waals surface area contributed by atoms with E-state index in [1.807, 2.05) is 29.7 Å². The minimum Gasteiger partial charge on any atom is -0.355 e. The van der Waals surface area contributed by atoms with E-state index in [2.05, 4.69) is 33.4 Å². The monoisotopic (exact) mass is 387 g/mol. The van der Waals surface area contributed by atoms with Crippen molar-refractivity contribution in [3.8, 4) is 11.4 Å². The third-order valence-electron chi connectivity index (χ3n) is 5.26. The van der Waals surface area contributed by atoms with Crippen LogP contribution in [0.5, 0.6) is 0 Å². The van der Waals surface area contributed by atoms with Gasteiger partial charge in [0.05, 0.1) is 0 Å². The van der Waals surface area contributed by atoms with Gasteiger partial charge >= 0.3 is 0 Å². The second kappa shape index (κ2) is 9.28. The van der Waals surface area contributed by atoms with Gasteiger partial charge in [0.1, 0.15) is 0 Å². The molecule has 0 bridgehead atoms. The number of carbonyl (C=O) groups excluding carboxylic acids is 1. The average molecular weight is 388 g/mol. The van der Waals surface area contributed by atoms with Crippen LogP contribution in [0.4, 0.5) is 0 Å². The van der Waals surface area contributed by atoms with Crippen LogP contribution in [0, 0.1) is 11.7 Å². The Kier molecular flexibility index (Phi) is 6.79. The molecule has 1 aromatic carbocycles. The van der Waals surface area contributed by atoms with E-state index in [1.54, 1.807) is 0 Å². The van der Waals surface area contributed by atoms with Crippen molar-refractivity contribution in [3.05, 3.63) is 34.6 Å². The number of hydrogen-bond donors (Lipinski definition) is 2. The number of hydrogen-bond acceptors (Lipinski definition) is 4. The highest BCUT2D eigenvalue weighted by molar-refractivity contribution is 7.71. The molecule has 2 aromatic rings. The van der Waals surface area contributed by atoms with Gasteiger partial charge in [-0.25, -0.2) is 0 Å². The molecule has 0 spiro atoms. The normalized spacial score (nSPS) is 17.8. The van der Waals surface area contributed by atoms with Crippen LogP contribution in [0.1, 0.15) is 38.2 Å². The molecular formula is C20H29N5OS. The molecule has 27 heavy (non-hydrogen) atoms. The summed E-state index contributed by atoms with van der Waals surface area (Å²) in [6, 6.07) is 8.75. The number of rotatable bonds is 7. The number of aromatic nitrogens is 3. The van der Waals surface area contributed by atoms with Crippen LogP contribution in [-0.2, 0) is 11.3 Å². The van der Waals surface area contributed by atoms with Gasteiger partial charge in [0.25, 0.3) is 0 Å². The molecule has 1 aromatic heterocycles. The maximum absolute atomic E-state index is 12.3. The van der Waals surface area contributed by atoms with E-state index in [9.17, 15) is 4.79 Å². The molecule has 6 nitrogen and oxygen atoms in total. The van der Waals surface area contributed by atoms with Crippen molar-refractivity contribution in [3.63, 3.8) is 0 Å². The average Bonchev–Trinajstić information content (AvgIpc) is 3.02. The van der Waals surface area contributed by atoms with Crippen molar-refractivity contribution in [1.29, 1.82) is 0 Å². The zero-order chi connectivity index (χ0) is 19.2. The minimum atomic E-state index is 0.0537. The van der Waals surface area contributed by atoms with Crippen molar-refractivity contribution < 1.29 is 4.79 Å². The Morgan fingerprint density at radius 2 is 2.22 bits per heavy atom. The van der Waals surface area contributed by atoms with E-state index in [0.717, 1.165) is 30.0 Å². The van der Waals surface area contributed by atoms with E-state index >= 15 is 0 Å². The number of nitrogens with zero attached hydrogens (tertiary/aromatic N) is 3. The Hall–Kier alpha value is -1.99. The summed E-state index contributed by atoms with van der Waals surface area (Å²) in [7, 11) is 0. The summed E-state index contributed by atoms with van der Waals surface area (Å²) in [5.41, 5.74) is 2.17. The molecule has 2 heterocycles. The molecule has 1 atom stereocenters. The fourth-order valence-electron chi connectivity index (χ4n) is 3.66. The molecule has 1 amide bonds. The Bertz CT molecular complexity index is 828. The smallest absolute Gasteiger partial charge is 0.221 e. The number of benzene rings is 1. The Morgan fingerprint density at radius 3 is 3.00 bits per heavy atom. The number of H-pyrrole nitrogens is 1. The molecular weight excluding hydrogens is 358 g/mol. The number of nitrogens with one attached hydrogen (secondary N) is 2. The number of carbonyl (C=O) groups is 1. The van der Waals surface area contributed by atoms with Gasteiger partial charge in [0.15, 0.2) is 10.6 Å². The molecule has 0 aliphatic carbocycles. The Balaban J connectivity index is 1.52. The lowest BCUT2D eigenvalue weighted by atomic mass is 10.0. The first-order valence-corrected chi connectivity index (χ1v) is 10.2. The van der Waals surface area contributed by atoms with Gasteiger partial charge in [-0.15, -0.1) is 0 Å². The molecule has 1 aliphatic rings. The first-order chi connectivity index (χ1) is 13.0. The summed E-state index contributed by atoms with van der Waals surface area (Å²) in [4.78, 5) is 14.7. The molecule has 0 saturated carbocycles. The van der Waals surface area contributed by atoms with E-state index in [-0.39, 0.29) is 5.91 Å². The summed E-state index contributed by atoms with van der Waals surface area (Å²) in [5.74, 6) is 0.830. The second-order valence-electron chi connectivity index (χ2n) is 7.35. The largest absolute Gasteiger partial charge is 0.355 e. The first-order valence-electron chi connectivity index (χ1n) is 9.77. The van der Waals surface area contributed by atoms with E-state index in [4.69, 9.17) is 12.2 Å². The van der Waals surface area contributed by atoms with Gasteiger partial charge in [-0.3, -0.25) is 19.4 Å². The van der Waals surface area contributed by atoms with Gasteiger partial charge in [-0.2, -0.15) is 5.10 Å². The van der Waals surface area contributed by atoms with Gasteiger partial charge in [-0.05, 0) is 51.5 Å². The number of amides is 1. The van der Waals surface area contributed by atoms with Crippen LogP contribution in [0.2, 0.25) is 0 Å². The van der Waals surface area contributed by atoms with Crippen LogP contribution < -0.4 is 5.32 Å². The van der Waals surface area contributed by atoms with E-state index in [0.29, 0.717) is 30.3 Å². The highest BCUT2D eigenvalue weighted by Gasteiger charge is 2.17. The molecule has 0 radical (unpaired) electrons. The summed E-state index contributed by atoms with van der Waals surface area (Å²) < 4.78 is 2.44. The third kappa shape index (κ3) is 5.26. The van der Waals surface area contributed by atoms with Gasteiger partial charge in [0, 0.05) is 37.7 Å². The molecule has 1 saturated heterocycles. The highest BCUT2D eigenvalue weighted by Crippen LogP contribution is 2.19. The SMILES string of the molecule is Cc1cccc(-c2n[nH]c(=S)n2CCC(=O)NCCN2CCCCC2C)c1. The van der Waals surface area contributed by atoms with Crippen molar-refractivity contribution in [2.24, 2.45) is 0 Å². The van der Waals surface area contributed by atoms with Gasteiger partial charge in [-0.1, -0.05) is 30.2 Å². The van der Waals surface area contributed by atoms with Crippen LogP contribution in [0.15, 0.2) is 24.3 Å². The maximum atomic E-state index is 12.3. The summed E-state index contributed by atoms with van der Waals surface area (Å²) >= 11 is 5.35. The van der Waals surface area contributed by atoms with E-state index in [1.165, 1.54) is 19.3 Å². The number of piperidine rings is 1. The van der Waals surface area contributed by atoms with Crippen molar-refractivity contribution in [2.75, 3.05) is 19.6 Å². The standard InChI is InChI=1S/C20H29N5OS/c1-15-6-5-8-17(14-15)19-22-23-20(27)25(19)12-9-18(26)21-10-13-24-11-4-3-7-16(24)2/h5-6,8,14,16H,3-4,7,9-13H2,1-2H3,(H,21,26)(H,23,27). The summed E-state index contributed by atoms with van der Waals surface area (Å²) in [6.07, 6.45) is 4.23. The fraction of sp³-hybridized carbons (Fsp3) is 0.550. The fourth-order valence-corrected chi connectivity index (χ4v) is 3.88. The van der Waals surface area contributed by atoms with Gasteiger partial charge in [0.2, 0.25) is 5.91 Å². The quantitative estimate of drug-likeness (QED) is 0.716. The molecule has 7 heteroatoms. The Morgan fingerprint density at radius 1 is 1.37 bits per heavy atom. The van der Waals surface area contributed by atoms with Crippen molar-refractivity contribution in [2.45, 2.75) is 52.1 Å². The lowest BCUT2D eigenvalue weighted by Crippen LogP contribution is -2.42. The molecule has 2 N–H and O–H groups in total. The predicted octanol–water partition coefficient (Wildman–Crippen LogP) is 3.30. The number of aromatic amines is 1. The number of aryl methyl sites for hydroxylation is 1. The summed E-state index contributed by atoms with van der Waals surface area (Å²) in [5, 5.41) is 10.2. The predicted molar refractivity (Wildman–Crippen MR) is 110 cm³/mol. The summed E-state index contributed by atoms with van der Waals surface area (Å²) in [6.45, 7) is 7.60. The molecule has 3 rings (SSSR count). The Labute approximate surface area is 166 Å². The lowest BCUT2D eigenvalue weighted by molar-refractivity contribution is -0.121. The first kappa shape index (κ1) is 19.8. The van der Waals surface area contributed by atoms with Crippen LogP contribution in [0.25, 0.3) is 11.4 Å². The molecule has 1 aliphatic heterocycles. The molecule has 1 fully saturated rings. The zero-order valence-electron chi connectivity index (χ0n) is 16.2. The van der Waals surface area contributed by atoms with Crippen LogP contribution in [-0.4, -0.2) is 51.2 Å². The molecule has 146 valence electrons. The maximum Gasteiger partial charge on any atom is 0.221 e. The van der Waals surface area contributed by atoms with Crippen molar-refractivity contribution in [1.82, 2.24) is 25.0 Å². The lowest BCUT2D eigenvalue weighted by Gasteiger charge is -2.33. The van der Waals surface area contributed by atoms with Crippen LogP contribution in [0.3, 0.4) is 0 Å². The van der Waals surface area contributed by atoms with Crippen molar-refractivity contribution >= 4 is 18.1 Å².